The van der Waals surface area contributed by atoms with E-state index in [0.717, 1.165) is 12.1 Å². The van der Waals surface area contributed by atoms with Crippen molar-refractivity contribution >= 4 is 11.6 Å². The number of nitrogens with zero attached hydrogens (tertiary/aromatic N) is 2. The quantitative estimate of drug-likeness (QED) is 0.799. The molecule has 3 nitrogen and oxygen atoms in total. The van der Waals surface area contributed by atoms with E-state index < -0.39 is 17.2 Å². The molecule has 0 amide bonds. The van der Waals surface area contributed by atoms with E-state index >= 15 is 0 Å². The van der Waals surface area contributed by atoms with Gasteiger partial charge in [0.05, 0.1) is 11.4 Å². The van der Waals surface area contributed by atoms with Crippen LogP contribution in [0.25, 0.3) is 5.69 Å². The molecule has 0 radical (unpaired) electrons. The van der Waals surface area contributed by atoms with Crippen LogP contribution in [0.5, 0.6) is 0 Å². The van der Waals surface area contributed by atoms with E-state index in [1.807, 2.05) is 0 Å². The molecule has 0 saturated heterocycles. The van der Waals surface area contributed by atoms with E-state index in [1.54, 1.807) is 13.8 Å². The Morgan fingerprint density at radius 1 is 1.22 bits per heavy atom. The van der Waals surface area contributed by atoms with Gasteiger partial charge in [0.15, 0.2) is 16.8 Å². The third-order valence-electron chi connectivity index (χ3n) is 2.67. The van der Waals surface area contributed by atoms with Crippen molar-refractivity contribution in [3.8, 4) is 5.69 Å². The highest BCUT2D eigenvalue weighted by Gasteiger charge is 2.13. The molecule has 0 N–H and O–H groups in total. The summed E-state index contributed by atoms with van der Waals surface area (Å²) in [5, 5.41) is -0.206. The van der Waals surface area contributed by atoms with Crippen molar-refractivity contribution in [1.82, 2.24) is 9.55 Å². The molecule has 1 aromatic carbocycles. The first-order chi connectivity index (χ1) is 8.41. The lowest BCUT2D eigenvalue weighted by molar-refractivity contribution is 0.507. The van der Waals surface area contributed by atoms with Gasteiger partial charge in [0.25, 0.3) is 5.56 Å². The Morgan fingerprint density at radius 2 is 1.89 bits per heavy atom. The summed E-state index contributed by atoms with van der Waals surface area (Å²) in [4.78, 5) is 15.8. The van der Waals surface area contributed by atoms with Crippen LogP contribution in [-0.4, -0.2) is 9.55 Å². The molecular formula is C12H9ClF2N2O. The minimum absolute atomic E-state index is 0.206. The van der Waals surface area contributed by atoms with Crippen LogP contribution in [0, 0.1) is 25.5 Å². The smallest absolute Gasteiger partial charge is 0.277 e. The molecule has 1 aromatic heterocycles. The van der Waals surface area contributed by atoms with E-state index in [4.69, 9.17) is 11.6 Å². The lowest BCUT2D eigenvalue weighted by atomic mass is 10.2. The first kappa shape index (κ1) is 12.7. The largest absolute Gasteiger partial charge is 0.293 e. The number of rotatable bonds is 1. The molecule has 0 aliphatic heterocycles. The zero-order chi connectivity index (χ0) is 13.4. The summed E-state index contributed by atoms with van der Waals surface area (Å²) in [6, 6.07) is 3.21. The predicted octanol–water partition coefficient (Wildman–Crippen LogP) is 2.78. The maximum atomic E-state index is 13.2. The van der Waals surface area contributed by atoms with E-state index in [2.05, 4.69) is 4.98 Å². The van der Waals surface area contributed by atoms with Crippen LogP contribution in [0.3, 0.4) is 0 Å². The van der Waals surface area contributed by atoms with Crippen molar-refractivity contribution in [2.45, 2.75) is 13.8 Å². The Hall–Kier alpha value is -1.75. The Labute approximate surface area is 107 Å². The molecule has 18 heavy (non-hydrogen) atoms. The topological polar surface area (TPSA) is 34.9 Å². The number of hydrogen-bond donors (Lipinski definition) is 0. The van der Waals surface area contributed by atoms with E-state index in [1.165, 1.54) is 10.6 Å². The molecule has 0 fully saturated rings. The number of halogens is 3. The summed E-state index contributed by atoms with van der Waals surface area (Å²) in [7, 11) is 0. The van der Waals surface area contributed by atoms with Crippen LogP contribution in [0.2, 0.25) is 5.15 Å². The standard InChI is InChI=1S/C12H9ClF2N2O/c1-6-7(2)17(12(18)11(13)16-6)8-3-4-9(14)10(15)5-8/h3-5H,1-2H3. The van der Waals surface area contributed by atoms with Gasteiger partial charge in [-0.2, -0.15) is 0 Å². The normalized spacial score (nSPS) is 10.7. The zero-order valence-electron chi connectivity index (χ0n) is 9.67. The first-order valence-electron chi connectivity index (χ1n) is 5.13. The number of aryl methyl sites for hydroxylation is 1. The van der Waals surface area contributed by atoms with Crippen molar-refractivity contribution in [2.75, 3.05) is 0 Å². The molecule has 94 valence electrons. The molecule has 0 aliphatic rings. The fraction of sp³-hybridized carbons (Fsp3) is 0.167. The molecule has 0 unspecified atom stereocenters. The van der Waals surface area contributed by atoms with E-state index in [0.29, 0.717) is 11.4 Å². The third kappa shape index (κ3) is 2.01. The van der Waals surface area contributed by atoms with Crippen molar-refractivity contribution in [1.29, 1.82) is 0 Å². The Balaban J connectivity index is 2.78. The molecule has 0 spiro atoms. The van der Waals surface area contributed by atoms with Gasteiger partial charge in [0.2, 0.25) is 0 Å². The fourth-order valence-corrected chi connectivity index (χ4v) is 1.83. The van der Waals surface area contributed by atoms with Gasteiger partial charge in [-0.1, -0.05) is 11.6 Å². The van der Waals surface area contributed by atoms with Gasteiger partial charge in [-0.25, -0.2) is 13.8 Å². The summed E-state index contributed by atoms with van der Waals surface area (Å²) in [6.45, 7) is 3.33. The molecule has 0 atom stereocenters. The minimum Gasteiger partial charge on any atom is -0.277 e. The summed E-state index contributed by atoms with van der Waals surface area (Å²) in [5.41, 5.74) is 0.717. The van der Waals surface area contributed by atoms with Crippen LogP contribution in [0.4, 0.5) is 8.78 Å². The highest BCUT2D eigenvalue weighted by atomic mass is 35.5. The van der Waals surface area contributed by atoms with Crippen LogP contribution in [0.1, 0.15) is 11.4 Å². The van der Waals surface area contributed by atoms with Gasteiger partial charge in [0, 0.05) is 11.8 Å². The van der Waals surface area contributed by atoms with Crippen LogP contribution < -0.4 is 5.56 Å². The predicted molar refractivity (Wildman–Crippen MR) is 64.2 cm³/mol. The van der Waals surface area contributed by atoms with Gasteiger partial charge < -0.3 is 0 Å². The number of hydrogen-bond acceptors (Lipinski definition) is 2. The fourth-order valence-electron chi connectivity index (χ4n) is 1.62. The molecule has 0 aliphatic carbocycles. The van der Waals surface area contributed by atoms with Crippen LogP contribution >= 0.6 is 11.6 Å². The van der Waals surface area contributed by atoms with Gasteiger partial charge in [-0.15, -0.1) is 0 Å². The summed E-state index contributed by atoms with van der Waals surface area (Å²) in [6.07, 6.45) is 0. The van der Waals surface area contributed by atoms with Gasteiger partial charge in [0.1, 0.15) is 0 Å². The van der Waals surface area contributed by atoms with Crippen molar-refractivity contribution in [3.05, 3.63) is 56.7 Å². The summed E-state index contributed by atoms with van der Waals surface area (Å²) < 4.78 is 27.3. The van der Waals surface area contributed by atoms with E-state index in [-0.39, 0.29) is 10.8 Å². The summed E-state index contributed by atoms with van der Waals surface area (Å²) >= 11 is 5.70. The molecule has 2 aromatic rings. The van der Waals surface area contributed by atoms with Gasteiger partial charge >= 0.3 is 0 Å². The highest BCUT2D eigenvalue weighted by Crippen LogP contribution is 2.15. The molecular weight excluding hydrogens is 262 g/mol. The Kier molecular flexibility index (Phi) is 3.17. The van der Waals surface area contributed by atoms with E-state index in [9.17, 15) is 13.6 Å². The average molecular weight is 271 g/mol. The second-order valence-electron chi connectivity index (χ2n) is 3.81. The second kappa shape index (κ2) is 4.49. The summed E-state index contributed by atoms with van der Waals surface area (Å²) in [5.74, 6) is -1.99. The molecule has 1 heterocycles. The second-order valence-corrected chi connectivity index (χ2v) is 4.17. The highest BCUT2D eigenvalue weighted by molar-refractivity contribution is 6.29. The zero-order valence-corrected chi connectivity index (χ0v) is 10.4. The minimum atomic E-state index is -1.02. The van der Waals surface area contributed by atoms with Crippen LogP contribution in [0.15, 0.2) is 23.0 Å². The number of benzene rings is 1. The lowest BCUT2D eigenvalue weighted by Crippen LogP contribution is -2.23. The average Bonchev–Trinajstić information content (AvgIpc) is 2.31. The van der Waals surface area contributed by atoms with Crippen molar-refractivity contribution < 1.29 is 8.78 Å². The SMILES string of the molecule is Cc1nc(Cl)c(=O)n(-c2ccc(F)c(F)c2)c1C. The van der Waals surface area contributed by atoms with Crippen LogP contribution in [-0.2, 0) is 0 Å². The molecule has 6 heteroatoms. The molecule has 2 rings (SSSR count). The Bertz CT molecular complexity index is 683. The van der Waals surface area contributed by atoms with Gasteiger partial charge in [-0.3, -0.25) is 9.36 Å². The molecule has 0 bridgehead atoms. The maximum absolute atomic E-state index is 13.2. The Morgan fingerprint density at radius 3 is 2.50 bits per heavy atom. The lowest BCUT2D eigenvalue weighted by Gasteiger charge is -2.12. The van der Waals surface area contributed by atoms with Gasteiger partial charge in [-0.05, 0) is 26.0 Å². The van der Waals surface area contributed by atoms with Crippen molar-refractivity contribution in [2.24, 2.45) is 0 Å². The molecule has 0 saturated carbocycles. The number of aromatic nitrogens is 2. The monoisotopic (exact) mass is 270 g/mol. The first-order valence-corrected chi connectivity index (χ1v) is 5.51. The third-order valence-corrected chi connectivity index (χ3v) is 2.91. The van der Waals surface area contributed by atoms with Crippen molar-refractivity contribution in [3.63, 3.8) is 0 Å². The maximum Gasteiger partial charge on any atom is 0.293 e.